The minimum Gasteiger partial charge on any atom is -0.494 e. The van der Waals surface area contributed by atoms with E-state index in [2.05, 4.69) is 15.9 Å². The molecule has 0 spiro atoms. The molecule has 0 aliphatic carbocycles. The molecule has 0 N–H and O–H groups in total. The fourth-order valence-electron chi connectivity index (χ4n) is 1.22. The summed E-state index contributed by atoms with van der Waals surface area (Å²) in [7, 11) is 1.37. The molecule has 0 saturated heterocycles. The Morgan fingerprint density at radius 1 is 1.56 bits per heavy atom. The first kappa shape index (κ1) is 13.0. The van der Waals surface area contributed by atoms with Crippen LogP contribution < -0.4 is 4.74 Å². The predicted molar refractivity (Wildman–Crippen MR) is 61.3 cm³/mol. The summed E-state index contributed by atoms with van der Waals surface area (Å²) in [6, 6.07) is 4.61. The molecular formula is C11H12BrFO3. The number of halogens is 2. The summed E-state index contributed by atoms with van der Waals surface area (Å²) in [4.78, 5) is 10.6. The Kier molecular flexibility index (Phi) is 4.73. The first-order valence-electron chi connectivity index (χ1n) is 4.74. The van der Waals surface area contributed by atoms with E-state index in [9.17, 15) is 9.18 Å². The molecule has 1 aromatic carbocycles. The Morgan fingerprint density at radius 2 is 2.25 bits per heavy atom. The lowest BCUT2D eigenvalue weighted by molar-refractivity contribution is -0.142. The van der Waals surface area contributed by atoms with Crippen molar-refractivity contribution in [3.63, 3.8) is 0 Å². The molecule has 1 aromatic rings. The van der Waals surface area contributed by atoms with Crippen LogP contribution in [0.25, 0.3) is 0 Å². The average Bonchev–Trinajstić information content (AvgIpc) is 2.29. The number of esters is 1. The molecule has 5 heteroatoms. The van der Waals surface area contributed by atoms with Crippen molar-refractivity contribution in [2.75, 3.05) is 13.7 Å². The van der Waals surface area contributed by atoms with Gasteiger partial charge < -0.3 is 9.47 Å². The van der Waals surface area contributed by atoms with Gasteiger partial charge in [-0.05, 0) is 13.0 Å². The number of hydrogen-bond acceptors (Lipinski definition) is 3. The van der Waals surface area contributed by atoms with Crippen LogP contribution in [0.15, 0.2) is 18.2 Å². The molecule has 0 saturated carbocycles. The quantitative estimate of drug-likeness (QED) is 0.632. The number of rotatable bonds is 4. The first-order chi connectivity index (χ1) is 7.61. The van der Waals surface area contributed by atoms with E-state index in [1.54, 1.807) is 13.0 Å². The third kappa shape index (κ3) is 2.72. The van der Waals surface area contributed by atoms with Crippen LogP contribution in [-0.4, -0.2) is 19.7 Å². The van der Waals surface area contributed by atoms with E-state index >= 15 is 0 Å². The van der Waals surface area contributed by atoms with Gasteiger partial charge in [-0.15, -0.1) is 0 Å². The molecule has 16 heavy (non-hydrogen) atoms. The molecule has 1 rings (SSSR count). The molecule has 0 aliphatic rings. The normalized spacial score (nSPS) is 12.0. The first-order valence-corrected chi connectivity index (χ1v) is 5.66. The number of carbonyl (C=O) groups is 1. The maximum absolute atomic E-state index is 13.8. The van der Waals surface area contributed by atoms with Gasteiger partial charge in [-0.1, -0.05) is 28.1 Å². The molecule has 88 valence electrons. The highest BCUT2D eigenvalue weighted by Gasteiger charge is 2.23. The molecule has 0 amide bonds. The summed E-state index contributed by atoms with van der Waals surface area (Å²) < 4.78 is 23.4. The smallest absolute Gasteiger partial charge is 0.324 e. The van der Waals surface area contributed by atoms with Crippen molar-refractivity contribution < 1.29 is 18.7 Å². The summed E-state index contributed by atoms with van der Waals surface area (Å²) in [6.45, 7) is 1.95. The summed E-state index contributed by atoms with van der Waals surface area (Å²) in [6.07, 6.45) is 0. The lowest BCUT2D eigenvalue weighted by atomic mass is 10.1. The largest absolute Gasteiger partial charge is 0.494 e. The van der Waals surface area contributed by atoms with Crippen LogP contribution in [0.5, 0.6) is 5.75 Å². The minimum absolute atomic E-state index is 0.103. The molecule has 0 aliphatic heterocycles. The zero-order valence-electron chi connectivity index (χ0n) is 9.00. The van der Waals surface area contributed by atoms with E-state index in [0.29, 0.717) is 0 Å². The van der Waals surface area contributed by atoms with Gasteiger partial charge in [0.2, 0.25) is 0 Å². The van der Waals surface area contributed by atoms with Gasteiger partial charge >= 0.3 is 5.97 Å². The van der Waals surface area contributed by atoms with Gasteiger partial charge in [-0.3, -0.25) is 4.79 Å². The zero-order chi connectivity index (χ0) is 12.1. The van der Waals surface area contributed by atoms with E-state index in [-0.39, 0.29) is 17.9 Å². The third-order valence-electron chi connectivity index (χ3n) is 1.98. The minimum atomic E-state index is -0.817. The number of benzene rings is 1. The van der Waals surface area contributed by atoms with Crippen molar-refractivity contribution in [2.45, 2.75) is 11.8 Å². The van der Waals surface area contributed by atoms with Crippen LogP contribution >= 0.6 is 15.9 Å². The predicted octanol–water partition coefficient (Wildman–Crippen LogP) is 2.83. The summed E-state index contributed by atoms with van der Waals surface area (Å²) in [5, 5.41) is 0. The highest BCUT2D eigenvalue weighted by Crippen LogP contribution is 2.30. The number of hydrogen-bond donors (Lipinski definition) is 0. The Bertz CT molecular complexity index is 381. The third-order valence-corrected chi connectivity index (χ3v) is 2.85. The molecular weight excluding hydrogens is 279 g/mol. The van der Waals surface area contributed by atoms with Gasteiger partial charge in [0.05, 0.1) is 13.7 Å². The zero-order valence-corrected chi connectivity index (χ0v) is 10.6. The topological polar surface area (TPSA) is 35.5 Å². The number of alkyl halides is 1. The van der Waals surface area contributed by atoms with E-state index in [4.69, 9.17) is 9.47 Å². The fraction of sp³-hybridized carbons (Fsp3) is 0.364. The maximum atomic E-state index is 13.8. The summed E-state index contributed by atoms with van der Waals surface area (Å²) in [5.41, 5.74) is 0.206. The van der Waals surface area contributed by atoms with Crippen molar-refractivity contribution in [1.82, 2.24) is 0 Å². The maximum Gasteiger partial charge on any atom is 0.324 e. The molecule has 0 bridgehead atoms. The monoisotopic (exact) mass is 290 g/mol. The molecule has 1 unspecified atom stereocenters. The lowest BCUT2D eigenvalue weighted by Gasteiger charge is -2.11. The Labute approximate surface area is 102 Å². The van der Waals surface area contributed by atoms with E-state index in [0.717, 1.165) is 0 Å². The van der Waals surface area contributed by atoms with E-state index in [1.165, 1.54) is 19.2 Å². The lowest BCUT2D eigenvalue weighted by Crippen LogP contribution is -2.12. The van der Waals surface area contributed by atoms with Crippen molar-refractivity contribution >= 4 is 21.9 Å². The molecule has 0 radical (unpaired) electrons. The van der Waals surface area contributed by atoms with Crippen molar-refractivity contribution in [3.8, 4) is 5.75 Å². The Morgan fingerprint density at radius 3 is 2.81 bits per heavy atom. The van der Waals surface area contributed by atoms with Crippen molar-refractivity contribution in [1.29, 1.82) is 0 Å². The Balaban J connectivity index is 2.99. The van der Waals surface area contributed by atoms with Gasteiger partial charge in [0.1, 0.15) is 4.83 Å². The highest BCUT2D eigenvalue weighted by atomic mass is 79.9. The second kappa shape index (κ2) is 5.84. The SMILES string of the molecule is CCOC(=O)C(Br)c1cccc(OC)c1F. The van der Waals surface area contributed by atoms with Crippen LogP contribution in [0.4, 0.5) is 4.39 Å². The van der Waals surface area contributed by atoms with E-state index in [1.807, 2.05) is 0 Å². The van der Waals surface area contributed by atoms with E-state index < -0.39 is 16.6 Å². The molecule has 0 fully saturated rings. The van der Waals surface area contributed by atoms with Crippen molar-refractivity contribution in [2.24, 2.45) is 0 Å². The van der Waals surface area contributed by atoms with Crippen LogP contribution in [0.3, 0.4) is 0 Å². The van der Waals surface area contributed by atoms with Gasteiger partial charge in [0, 0.05) is 5.56 Å². The Hall–Kier alpha value is -1.10. The number of methoxy groups -OCH3 is 1. The van der Waals surface area contributed by atoms with Gasteiger partial charge in [0.25, 0.3) is 0 Å². The second-order valence-corrected chi connectivity index (χ2v) is 3.89. The second-order valence-electron chi connectivity index (χ2n) is 2.98. The van der Waals surface area contributed by atoms with Gasteiger partial charge in [0.15, 0.2) is 11.6 Å². The van der Waals surface area contributed by atoms with Gasteiger partial charge in [-0.25, -0.2) is 4.39 Å². The molecule has 0 heterocycles. The number of ether oxygens (including phenoxy) is 2. The van der Waals surface area contributed by atoms with Crippen LogP contribution in [0.1, 0.15) is 17.3 Å². The van der Waals surface area contributed by atoms with Gasteiger partial charge in [-0.2, -0.15) is 0 Å². The summed E-state index contributed by atoms with van der Waals surface area (Å²) in [5.74, 6) is -0.971. The molecule has 3 nitrogen and oxygen atoms in total. The van der Waals surface area contributed by atoms with Crippen LogP contribution in [0, 0.1) is 5.82 Å². The molecule has 1 atom stereocenters. The molecule has 0 aromatic heterocycles. The standard InChI is InChI=1S/C11H12BrFO3/c1-3-16-11(14)9(12)7-5-4-6-8(15-2)10(7)13/h4-6,9H,3H2,1-2H3. The average molecular weight is 291 g/mol. The number of carbonyl (C=O) groups excluding carboxylic acids is 1. The fourth-order valence-corrected chi connectivity index (χ4v) is 1.71. The van der Waals surface area contributed by atoms with Crippen LogP contribution in [-0.2, 0) is 9.53 Å². The van der Waals surface area contributed by atoms with Crippen LogP contribution in [0.2, 0.25) is 0 Å². The summed E-state index contributed by atoms with van der Waals surface area (Å²) >= 11 is 3.10. The van der Waals surface area contributed by atoms with Crippen molar-refractivity contribution in [3.05, 3.63) is 29.6 Å². The highest BCUT2D eigenvalue weighted by molar-refractivity contribution is 9.09.